The van der Waals surface area contributed by atoms with Crippen LogP contribution in [0.5, 0.6) is 5.75 Å². The second-order valence-electron chi connectivity index (χ2n) is 4.96. The lowest BCUT2D eigenvalue weighted by Crippen LogP contribution is -2.41. The Balaban J connectivity index is 1.66. The summed E-state index contributed by atoms with van der Waals surface area (Å²) in [4.78, 5) is 2.26. The van der Waals surface area contributed by atoms with Gasteiger partial charge in [0.2, 0.25) is 5.16 Å². The van der Waals surface area contributed by atoms with Gasteiger partial charge in [0.05, 0.1) is 18.4 Å². The molecule has 8 heteroatoms. The topological polar surface area (TPSA) is 76.3 Å². The largest absolute Gasteiger partial charge is 0.508 e. The van der Waals surface area contributed by atoms with Crippen LogP contribution in [-0.2, 0) is 4.74 Å². The Bertz CT molecular complexity index is 589. The number of nitrogens with zero attached hydrogens (tertiary/aromatic N) is 5. The molecule has 1 aromatic heterocycles. The molecule has 1 atom stereocenters. The highest BCUT2D eigenvalue weighted by molar-refractivity contribution is 7.99. The molecule has 0 bridgehead atoms. The SMILES string of the molecule is CN1CCOC(CSc2nnnn2-c2ccc(O)cc2)C1. The molecule has 112 valence electrons. The van der Waals surface area contributed by atoms with Crippen molar-refractivity contribution in [1.29, 1.82) is 0 Å². The van der Waals surface area contributed by atoms with E-state index in [0.717, 1.165) is 36.3 Å². The maximum atomic E-state index is 9.33. The van der Waals surface area contributed by atoms with Crippen molar-refractivity contribution in [3.8, 4) is 11.4 Å². The highest BCUT2D eigenvalue weighted by Gasteiger charge is 2.19. The lowest BCUT2D eigenvalue weighted by molar-refractivity contribution is -0.00601. The number of ether oxygens (including phenoxy) is 1. The zero-order valence-corrected chi connectivity index (χ0v) is 12.5. The van der Waals surface area contributed by atoms with Crippen LogP contribution in [0.2, 0.25) is 0 Å². The van der Waals surface area contributed by atoms with Crippen LogP contribution in [0.1, 0.15) is 0 Å². The summed E-state index contributed by atoms with van der Waals surface area (Å²) in [5.41, 5.74) is 0.821. The molecule has 7 nitrogen and oxygen atoms in total. The predicted octanol–water partition coefficient (Wildman–Crippen LogP) is 0.791. The zero-order chi connectivity index (χ0) is 14.7. The molecular weight excluding hydrogens is 290 g/mol. The van der Waals surface area contributed by atoms with Crippen molar-refractivity contribution < 1.29 is 9.84 Å². The number of morpholine rings is 1. The standard InChI is InChI=1S/C13H17N5O2S/c1-17-6-7-20-12(8-17)9-21-13-14-15-16-18(13)10-2-4-11(19)5-3-10/h2-5,12,19H,6-9H2,1H3. The Morgan fingerprint density at radius 1 is 1.38 bits per heavy atom. The van der Waals surface area contributed by atoms with E-state index in [4.69, 9.17) is 4.74 Å². The minimum Gasteiger partial charge on any atom is -0.508 e. The van der Waals surface area contributed by atoms with Gasteiger partial charge in [-0.3, -0.25) is 0 Å². The number of hydrogen-bond donors (Lipinski definition) is 1. The van der Waals surface area contributed by atoms with Crippen LogP contribution in [0.25, 0.3) is 5.69 Å². The molecule has 1 unspecified atom stereocenters. The highest BCUT2D eigenvalue weighted by atomic mass is 32.2. The second kappa shape index (κ2) is 6.42. The van der Waals surface area contributed by atoms with Crippen molar-refractivity contribution in [2.75, 3.05) is 32.5 Å². The smallest absolute Gasteiger partial charge is 0.214 e. The number of phenols is 1. The lowest BCUT2D eigenvalue weighted by Gasteiger charge is -2.29. The Hall–Kier alpha value is -1.64. The number of hydrogen-bond acceptors (Lipinski definition) is 7. The van der Waals surface area contributed by atoms with E-state index < -0.39 is 0 Å². The molecule has 0 saturated carbocycles. The third kappa shape index (κ3) is 3.52. The molecule has 3 rings (SSSR count). The minimum absolute atomic E-state index is 0.193. The third-order valence-electron chi connectivity index (χ3n) is 3.28. The summed E-state index contributed by atoms with van der Waals surface area (Å²) in [7, 11) is 2.10. The van der Waals surface area contributed by atoms with Crippen molar-refractivity contribution in [2.24, 2.45) is 0 Å². The Morgan fingerprint density at radius 3 is 2.95 bits per heavy atom. The van der Waals surface area contributed by atoms with Gasteiger partial charge in [0.1, 0.15) is 5.75 Å². The number of thioether (sulfide) groups is 1. The maximum Gasteiger partial charge on any atom is 0.214 e. The molecule has 1 saturated heterocycles. The molecule has 1 aliphatic rings. The predicted molar refractivity (Wildman–Crippen MR) is 78.8 cm³/mol. The molecule has 1 fully saturated rings. The summed E-state index contributed by atoms with van der Waals surface area (Å²) in [5, 5.41) is 21.8. The average molecular weight is 307 g/mol. The van der Waals surface area contributed by atoms with Crippen molar-refractivity contribution >= 4 is 11.8 Å². The number of likely N-dealkylation sites (N-methyl/N-ethyl adjacent to an activating group) is 1. The van der Waals surface area contributed by atoms with Gasteiger partial charge < -0.3 is 14.7 Å². The van der Waals surface area contributed by atoms with Crippen molar-refractivity contribution in [2.45, 2.75) is 11.3 Å². The summed E-state index contributed by atoms with van der Waals surface area (Å²) < 4.78 is 7.40. The van der Waals surface area contributed by atoms with Gasteiger partial charge in [-0.25, -0.2) is 0 Å². The Kier molecular flexibility index (Phi) is 4.37. The summed E-state index contributed by atoms with van der Waals surface area (Å²) >= 11 is 1.57. The molecule has 1 N–H and O–H groups in total. The van der Waals surface area contributed by atoms with E-state index in [-0.39, 0.29) is 11.9 Å². The first-order chi connectivity index (χ1) is 10.2. The number of tetrazole rings is 1. The minimum atomic E-state index is 0.193. The number of aromatic hydroxyl groups is 1. The van der Waals surface area contributed by atoms with Crippen LogP contribution in [-0.4, -0.2) is 68.8 Å². The third-order valence-corrected chi connectivity index (χ3v) is 4.33. The van der Waals surface area contributed by atoms with E-state index in [0.29, 0.717) is 0 Å². The molecule has 1 aliphatic heterocycles. The van der Waals surface area contributed by atoms with E-state index in [1.165, 1.54) is 0 Å². The molecule has 0 aliphatic carbocycles. The van der Waals surface area contributed by atoms with Gasteiger partial charge in [-0.1, -0.05) is 11.8 Å². The van der Waals surface area contributed by atoms with Crippen molar-refractivity contribution in [3.05, 3.63) is 24.3 Å². The maximum absolute atomic E-state index is 9.33. The normalized spacial score (nSPS) is 19.8. The first kappa shape index (κ1) is 14.3. The molecule has 2 aromatic rings. The van der Waals surface area contributed by atoms with Crippen LogP contribution in [0.15, 0.2) is 29.4 Å². The first-order valence-corrected chi connectivity index (χ1v) is 7.71. The number of phenolic OH excluding ortho intramolecular Hbond substituents is 1. The van der Waals surface area contributed by atoms with Crippen LogP contribution < -0.4 is 0 Å². The van der Waals surface area contributed by atoms with Gasteiger partial charge in [0, 0.05) is 18.8 Å². The molecule has 0 amide bonds. The number of benzene rings is 1. The molecular formula is C13H17N5O2S. The first-order valence-electron chi connectivity index (χ1n) is 6.73. The lowest BCUT2D eigenvalue weighted by atomic mass is 10.3. The Morgan fingerprint density at radius 2 is 2.19 bits per heavy atom. The van der Waals surface area contributed by atoms with Crippen LogP contribution in [0, 0.1) is 0 Å². The van der Waals surface area contributed by atoms with Crippen LogP contribution >= 0.6 is 11.8 Å². The second-order valence-corrected chi connectivity index (χ2v) is 5.94. The quantitative estimate of drug-likeness (QED) is 0.837. The number of rotatable bonds is 4. The van der Waals surface area contributed by atoms with Crippen LogP contribution in [0.3, 0.4) is 0 Å². The van der Waals surface area contributed by atoms with Gasteiger partial charge in [-0.15, -0.1) is 5.10 Å². The van der Waals surface area contributed by atoms with Gasteiger partial charge in [-0.05, 0) is 41.7 Å². The average Bonchev–Trinajstić information content (AvgIpc) is 2.94. The fraction of sp³-hybridized carbons (Fsp3) is 0.462. The van der Waals surface area contributed by atoms with Gasteiger partial charge in [0.25, 0.3) is 0 Å². The summed E-state index contributed by atoms with van der Waals surface area (Å²) in [6, 6.07) is 6.79. The van der Waals surface area contributed by atoms with E-state index in [2.05, 4.69) is 27.5 Å². The van der Waals surface area contributed by atoms with Crippen molar-refractivity contribution in [1.82, 2.24) is 25.1 Å². The van der Waals surface area contributed by atoms with Crippen molar-refractivity contribution in [3.63, 3.8) is 0 Å². The fourth-order valence-electron chi connectivity index (χ4n) is 2.16. The van der Waals surface area contributed by atoms with E-state index in [1.807, 2.05) is 0 Å². The van der Waals surface area contributed by atoms with E-state index in [1.54, 1.807) is 40.7 Å². The van der Waals surface area contributed by atoms with Crippen LogP contribution in [0.4, 0.5) is 0 Å². The summed E-state index contributed by atoms with van der Waals surface area (Å²) in [6.07, 6.45) is 0.193. The Labute approximate surface area is 126 Å². The van der Waals surface area contributed by atoms with E-state index in [9.17, 15) is 5.11 Å². The monoisotopic (exact) mass is 307 g/mol. The highest BCUT2D eigenvalue weighted by Crippen LogP contribution is 2.21. The summed E-state index contributed by atoms with van der Waals surface area (Å²) in [6.45, 7) is 2.67. The molecule has 0 radical (unpaired) electrons. The van der Waals surface area contributed by atoms with E-state index >= 15 is 0 Å². The zero-order valence-electron chi connectivity index (χ0n) is 11.7. The molecule has 21 heavy (non-hydrogen) atoms. The molecule has 2 heterocycles. The molecule has 0 spiro atoms. The van der Waals surface area contributed by atoms with Gasteiger partial charge in [0.15, 0.2) is 0 Å². The summed E-state index contributed by atoms with van der Waals surface area (Å²) in [5.74, 6) is 1.03. The molecule has 1 aromatic carbocycles. The fourth-order valence-corrected chi connectivity index (χ4v) is 3.05. The van der Waals surface area contributed by atoms with Gasteiger partial charge >= 0.3 is 0 Å². The van der Waals surface area contributed by atoms with Gasteiger partial charge in [-0.2, -0.15) is 4.68 Å². The number of aromatic nitrogens is 4.